The molecular weight excluding hydrogens is 330 g/mol. The number of nitrogens with two attached hydrogens (primary N) is 1. The lowest BCUT2D eigenvalue weighted by molar-refractivity contribution is -0.123. The summed E-state index contributed by atoms with van der Waals surface area (Å²) >= 11 is 8.07. The number of rotatable bonds is 4. The van der Waals surface area contributed by atoms with Crippen molar-refractivity contribution in [1.29, 1.82) is 0 Å². The Bertz CT molecular complexity index is 737. The summed E-state index contributed by atoms with van der Waals surface area (Å²) in [6, 6.07) is 8.33. The van der Waals surface area contributed by atoms with Crippen LogP contribution in [0.1, 0.15) is 18.4 Å². The summed E-state index contributed by atoms with van der Waals surface area (Å²) in [7, 11) is 0. The van der Waals surface area contributed by atoms with Gasteiger partial charge >= 0.3 is 0 Å². The van der Waals surface area contributed by atoms with E-state index in [1.54, 1.807) is 11.8 Å². The van der Waals surface area contributed by atoms with Crippen LogP contribution in [0.5, 0.6) is 0 Å². The molecule has 0 spiro atoms. The van der Waals surface area contributed by atoms with Crippen molar-refractivity contribution in [2.75, 3.05) is 19.3 Å². The van der Waals surface area contributed by atoms with E-state index >= 15 is 0 Å². The Morgan fingerprint density at radius 1 is 1.48 bits per heavy atom. The Balaban J connectivity index is 1.82. The van der Waals surface area contributed by atoms with Gasteiger partial charge in [0, 0.05) is 28.9 Å². The molecule has 2 aromatic rings. The van der Waals surface area contributed by atoms with Crippen LogP contribution in [0.25, 0.3) is 10.9 Å². The molecule has 0 bridgehead atoms. The maximum atomic E-state index is 11.4. The van der Waals surface area contributed by atoms with Crippen molar-refractivity contribution in [1.82, 2.24) is 9.88 Å². The molecule has 0 aliphatic carbocycles. The molecular formula is C17H20ClN3OS. The zero-order valence-electron chi connectivity index (χ0n) is 13.1. The van der Waals surface area contributed by atoms with Crippen molar-refractivity contribution in [3.05, 3.63) is 35.0 Å². The zero-order valence-corrected chi connectivity index (χ0v) is 14.7. The van der Waals surface area contributed by atoms with Crippen molar-refractivity contribution < 1.29 is 4.79 Å². The topological polar surface area (TPSA) is 59.2 Å². The minimum Gasteiger partial charge on any atom is -0.369 e. The summed E-state index contributed by atoms with van der Waals surface area (Å²) in [4.78, 5) is 19.4. The van der Waals surface area contributed by atoms with Gasteiger partial charge in [-0.05, 0) is 43.8 Å². The Labute approximate surface area is 145 Å². The molecule has 4 nitrogen and oxygen atoms in total. The summed E-state index contributed by atoms with van der Waals surface area (Å²) in [6.45, 7) is 2.37. The normalized spacial score (nSPS) is 19.1. The third-order valence-electron chi connectivity index (χ3n) is 4.35. The molecule has 122 valence electrons. The van der Waals surface area contributed by atoms with Gasteiger partial charge in [0.05, 0.1) is 11.4 Å². The Morgan fingerprint density at radius 3 is 3.04 bits per heavy atom. The van der Waals surface area contributed by atoms with Crippen LogP contribution in [0, 0.1) is 5.92 Å². The molecule has 6 heteroatoms. The highest BCUT2D eigenvalue weighted by Gasteiger charge is 2.24. The van der Waals surface area contributed by atoms with E-state index in [2.05, 4.69) is 34.1 Å². The number of benzene rings is 1. The fourth-order valence-corrected chi connectivity index (χ4v) is 3.72. The number of nitrogens with zero attached hydrogens (tertiary/aromatic N) is 2. The highest BCUT2D eigenvalue weighted by Crippen LogP contribution is 2.27. The number of aromatic nitrogens is 1. The molecule has 1 aromatic carbocycles. The fourth-order valence-electron chi connectivity index (χ4n) is 3.08. The molecule has 1 saturated heterocycles. The van der Waals surface area contributed by atoms with E-state index in [9.17, 15) is 4.79 Å². The first kappa shape index (κ1) is 16.6. The van der Waals surface area contributed by atoms with Crippen molar-refractivity contribution in [2.24, 2.45) is 11.7 Å². The van der Waals surface area contributed by atoms with E-state index in [1.807, 2.05) is 6.26 Å². The quantitative estimate of drug-likeness (QED) is 0.679. The molecule has 2 N–H and O–H groups in total. The fraction of sp³-hybridized carbons (Fsp3) is 0.412. The number of halogens is 1. The summed E-state index contributed by atoms with van der Waals surface area (Å²) in [6.07, 6.45) is 3.92. The average Bonchev–Trinajstić information content (AvgIpc) is 2.55. The molecule has 0 saturated carbocycles. The van der Waals surface area contributed by atoms with Crippen LogP contribution in [0.4, 0.5) is 0 Å². The summed E-state index contributed by atoms with van der Waals surface area (Å²) < 4.78 is 0. The van der Waals surface area contributed by atoms with Crippen LogP contribution in [0.15, 0.2) is 29.2 Å². The molecule has 2 heterocycles. The van der Waals surface area contributed by atoms with Crippen LogP contribution in [0.3, 0.4) is 0 Å². The second kappa shape index (κ2) is 7.07. The summed E-state index contributed by atoms with van der Waals surface area (Å²) in [5.74, 6) is -0.262. The van der Waals surface area contributed by atoms with Crippen LogP contribution in [-0.4, -0.2) is 35.1 Å². The highest BCUT2D eigenvalue weighted by atomic mass is 35.5. The molecule has 1 aliphatic heterocycles. The first-order valence-electron chi connectivity index (χ1n) is 7.71. The third-order valence-corrected chi connectivity index (χ3v) is 5.41. The van der Waals surface area contributed by atoms with E-state index in [-0.39, 0.29) is 11.8 Å². The number of carbonyl (C=O) groups is 1. The minimum atomic E-state index is -0.206. The van der Waals surface area contributed by atoms with E-state index in [4.69, 9.17) is 17.3 Å². The second-order valence-corrected chi connectivity index (χ2v) is 7.21. The minimum absolute atomic E-state index is 0.0555. The molecule has 0 unspecified atom stereocenters. The maximum Gasteiger partial charge on any atom is 0.221 e. The SMILES string of the molecule is CSc1ccc2cc(CN3CCC[C@@H](C(N)=O)C3)c(Cl)nc2c1. The Morgan fingerprint density at radius 2 is 2.30 bits per heavy atom. The van der Waals surface area contributed by atoms with Crippen molar-refractivity contribution in [3.8, 4) is 0 Å². The molecule has 3 rings (SSSR count). The van der Waals surface area contributed by atoms with E-state index in [1.165, 1.54) is 4.90 Å². The lowest BCUT2D eigenvalue weighted by atomic mass is 9.97. The van der Waals surface area contributed by atoms with Gasteiger partial charge in [-0.3, -0.25) is 9.69 Å². The molecule has 1 aromatic heterocycles. The number of primary amides is 1. The van der Waals surface area contributed by atoms with Gasteiger partial charge < -0.3 is 5.73 Å². The van der Waals surface area contributed by atoms with Gasteiger partial charge in [0.25, 0.3) is 0 Å². The van der Waals surface area contributed by atoms with Crippen LogP contribution >= 0.6 is 23.4 Å². The van der Waals surface area contributed by atoms with E-state index in [0.29, 0.717) is 18.2 Å². The van der Waals surface area contributed by atoms with Gasteiger partial charge in [-0.2, -0.15) is 0 Å². The number of fused-ring (bicyclic) bond motifs is 1. The van der Waals surface area contributed by atoms with Gasteiger partial charge in [0.1, 0.15) is 5.15 Å². The predicted octanol–water partition coefficient (Wildman–Crippen LogP) is 3.31. The number of carbonyl (C=O) groups excluding carboxylic acids is 1. The molecule has 1 aliphatic rings. The second-order valence-electron chi connectivity index (χ2n) is 5.97. The largest absolute Gasteiger partial charge is 0.369 e. The monoisotopic (exact) mass is 349 g/mol. The maximum absolute atomic E-state index is 11.4. The predicted molar refractivity (Wildman–Crippen MR) is 95.7 cm³/mol. The zero-order chi connectivity index (χ0) is 16.4. The van der Waals surface area contributed by atoms with Gasteiger partial charge in [0.2, 0.25) is 5.91 Å². The smallest absolute Gasteiger partial charge is 0.221 e. The highest BCUT2D eigenvalue weighted by molar-refractivity contribution is 7.98. The number of hydrogen-bond donors (Lipinski definition) is 1. The van der Waals surface area contributed by atoms with Crippen molar-refractivity contribution in [3.63, 3.8) is 0 Å². The van der Waals surface area contributed by atoms with Crippen LogP contribution in [-0.2, 0) is 11.3 Å². The lowest BCUT2D eigenvalue weighted by Crippen LogP contribution is -2.40. The summed E-state index contributed by atoms with van der Waals surface area (Å²) in [5.41, 5.74) is 7.37. The van der Waals surface area contributed by atoms with Crippen LogP contribution < -0.4 is 5.73 Å². The van der Waals surface area contributed by atoms with E-state index < -0.39 is 0 Å². The van der Waals surface area contributed by atoms with Crippen LogP contribution in [0.2, 0.25) is 5.15 Å². The number of piperidine rings is 1. The third kappa shape index (κ3) is 3.79. The van der Waals surface area contributed by atoms with Gasteiger partial charge in [-0.1, -0.05) is 17.7 Å². The number of pyridine rings is 1. The Kier molecular flexibility index (Phi) is 5.09. The number of hydrogen-bond acceptors (Lipinski definition) is 4. The average molecular weight is 350 g/mol. The molecule has 23 heavy (non-hydrogen) atoms. The standard InChI is InChI=1S/C17H20ClN3OS/c1-23-14-5-4-11-7-13(16(18)20-15(11)8-14)10-21-6-2-3-12(9-21)17(19)22/h4-5,7-8,12H,2-3,6,9-10H2,1H3,(H2,19,22)/t12-/m1/s1. The van der Waals surface area contributed by atoms with Gasteiger partial charge in [0.15, 0.2) is 0 Å². The van der Waals surface area contributed by atoms with Crippen molar-refractivity contribution in [2.45, 2.75) is 24.3 Å². The van der Waals surface area contributed by atoms with Gasteiger partial charge in [-0.15, -0.1) is 11.8 Å². The van der Waals surface area contributed by atoms with Gasteiger partial charge in [-0.25, -0.2) is 4.98 Å². The molecule has 0 radical (unpaired) electrons. The molecule has 1 atom stereocenters. The molecule has 1 fully saturated rings. The number of thioether (sulfide) groups is 1. The number of likely N-dealkylation sites (tertiary alicyclic amines) is 1. The van der Waals surface area contributed by atoms with E-state index in [0.717, 1.165) is 35.9 Å². The van der Waals surface area contributed by atoms with Crippen molar-refractivity contribution >= 4 is 40.2 Å². The first-order valence-corrected chi connectivity index (χ1v) is 9.32. The number of amides is 1. The Hall–Kier alpha value is -1.30. The molecule has 1 amide bonds. The first-order chi connectivity index (χ1) is 11.1. The lowest BCUT2D eigenvalue weighted by Gasteiger charge is -2.31. The summed E-state index contributed by atoms with van der Waals surface area (Å²) in [5, 5.41) is 1.63.